The summed E-state index contributed by atoms with van der Waals surface area (Å²) in [5, 5.41) is 9.70. The van der Waals surface area contributed by atoms with Crippen LogP contribution < -0.4 is 10.6 Å². The van der Waals surface area contributed by atoms with E-state index in [4.69, 9.17) is 4.74 Å². The van der Waals surface area contributed by atoms with Crippen molar-refractivity contribution < 1.29 is 13.9 Å². The van der Waals surface area contributed by atoms with Gasteiger partial charge in [0.25, 0.3) is 0 Å². The SMILES string of the molecule is Cc1cc(-c2ncnc(Nc3cnn(C)c3)n2)c(F)cc1CNC(=O)OC(C)(C)C. The molecular weight excluding hydrogens is 389 g/mol. The van der Waals surface area contributed by atoms with Crippen molar-refractivity contribution >= 4 is 17.7 Å². The minimum atomic E-state index is -0.603. The number of anilines is 2. The fourth-order valence-corrected chi connectivity index (χ4v) is 2.67. The average Bonchev–Trinajstić information content (AvgIpc) is 3.05. The summed E-state index contributed by atoms with van der Waals surface area (Å²) in [6, 6.07) is 3.00. The van der Waals surface area contributed by atoms with E-state index in [0.29, 0.717) is 11.3 Å². The van der Waals surface area contributed by atoms with Crippen LogP contribution in [0.25, 0.3) is 11.4 Å². The molecule has 0 aliphatic rings. The van der Waals surface area contributed by atoms with Gasteiger partial charge >= 0.3 is 6.09 Å². The Hall–Kier alpha value is -3.56. The predicted octanol–water partition coefficient (Wildman–Crippen LogP) is 3.49. The zero-order valence-electron chi connectivity index (χ0n) is 17.5. The van der Waals surface area contributed by atoms with E-state index in [9.17, 15) is 9.18 Å². The lowest BCUT2D eigenvalue weighted by molar-refractivity contribution is 0.0523. The van der Waals surface area contributed by atoms with Crippen molar-refractivity contribution in [1.82, 2.24) is 30.0 Å². The monoisotopic (exact) mass is 413 g/mol. The van der Waals surface area contributed by atoms with Crippen LogP contribution in [0.1, 0.15) is 31.9 Å². The zero-order valence-corrected chi connectivity index (χ0v) is 17.5. The van der Waals surface area contributed by atoms with Gasteiger partial charge in [0, 0.05) is 19.8 Å². The van der Waals surface area contributed by atoms with E-state index in [1.807, 2.05) is 6.92 Å². The lowest BCUT2D eigenvalue weighted by Crippen LogP contribution is -2.32. The van der Waals surface area contributed by atoms with Crippen molar-refractivity contribution in [2.75, 3.05) is 5.32 Å². The van der Waals surface area contributed by atoms with Gasteiger partial charge in [0.2, 0.25) is 5.95 Å². The highest BCUT2D eigenvalue weighted by Crippen LogP contribution is 2.24. The van der Waals surface area contributed by atoms with Crippen molar-refractivity contribution in [2.24, 2.45) is 7.05 Å². The van der Waals surface area contributed by atoms with Crippen LogP contribution in [-0.4, -0.2) is 36.4 Å². The predicted molar refractivity (Wildman–Crippen MR) is 110 cm³/mol. The van der Waals surface area contributed by atoms with Crippen molar-refractivity contribution in [3.63, 3.8) is 0 Å². The maximum absolute atomic E-state index is 14.8. The zero-order chi connectivity index (χ0) is 21.9. The topological polar surface area (TPSA) is 107 Å². The van der Waals surface area contributed by atoms with E-state index in [0.717, 1.165) is 5.56 Å². The number of hydrogen-bond donors (Lipinski definition) is 2. The molecule has 1 aromatic carbocycles. The van der Waals surface area contributed by atoms with E-state index < -0.39 is 17.5 Å². The highest BCUT2D eigenvalue weighted by atomic mass is 19.1. The lowest BCUT2D eigenvalue weighted by Gasteiger charge is -2.20. The molecule has 2 N–H and O–H groups in total. The number of benzene rings is 1. The number of carbonyl (C=O) groups is 1. The van der Waals surface area contributed by atoms with Gasteiger partial charge in [0.05, 0.1) is 17.4 Å². The number of rotatable bonds is 5. The maximum atomic E-state index is 14.8. The van der Waals surface area contributed by atoms with Gasteiger partial charge in [-0.05, 0) is 51.0 Å². The summed E-state index contributed by atoms with van der Waals surface area (Å²) in [4.78, 5) is 24.3. The summed E-state index contributed by atoms with van der Waals surface area (Å²) in [5.74, 6) is -0.0236. The molecule has 158 valence electrons. The molecule has 0 fully saturated rings. The third-order valence-electron chi connectivity index (χ3n) is 4.02. The number of nitrogens with one attached hydrogen (secondary N) is 2. The quantitative estimate of drug-likeness (QED) is 0.659. The first kappa shape index (κ1) is 21.2. The molecule has 0 atom stereocenters. The Bertz CT molecular complexity index is 1060. The average molecular weight is 413 g/mol. The van der Waals surface area contributed by atoms with Crippen LogP contribution in [0.3, 0.4) is 0 Å². The van der Waals surface area contributed by atoms with E-state index in [-0.39, 0.29) is 23.9 Å². The molecule has 1 amide bonds. The highest BCUT2D eigenvalue weighted by molar-refractivity contribution is 5.68. The number of aryl methyl sites for hydroxylation is 2. The maximum Gasteiger partial charge on any atom is 0.407 e. The molecule has 3 rings (SSSR count). The number of alkyl carbamates (subject to hydrolysis) is 1. The van der Waals surface area contributed by atoms with Gasteiger partial charge in [-0.15, -0.1) is 0 Å². The standard InChI is InChI=1S/C20H24FN7O2/c1-12-6-15(16(21)7-13(12)8-22-19(29)30-20(2,3)4)17-23-11-24-18(27-17)26-14-9-25-28(5)10-14/h6-7,9-11H,8H2,1-5H3,(H,22,29)(H,23,24,26,27). The molecule has 0 aliphatic carbocycles. The second kappa shape index (κ2) is 8.44. The molecule has 0 saturated carbocycles. The smallest absolute Gasteiger partial charge is 0.407 e. The first-order valence-electron chi connectivity index (χ1n) is 9.31. The summed E-state index contributed by atoms with van der Waals surface area (Å²) >= 11 is 0. The summed E-state index contributed by atoms with van der Waals surface area (Å²) < 4.78 is 21.6. The molecule has 0 spiro atoms. The fourth-order valence-electron chi connectivity index (χ4n) is 2.67. The van der Waals surface area contributed by atoms with E-state index >= 15 is 0 Å². The summed E-state index contributed by atoms with van der Waals surface area (Å²) in [6.45, 7) is 7.29. The summed E-state index contributed by atoms with van der Waals surface area (Å²) in [6.07, 6.45) is 4.14. The van der Waals surface area contributed by atoms with E-state index in [2.05, 4.69) is 30.7 Å². The van der Waals surface area contributed by atoms with Crippen LogP contribution in [0, 0.1) is 12.7 Å². The molecule has 2 heterocycles. The fraction of sp³-hybridized carbons (Fsp3) is 0.350. The van der Waals surface area contributed by atoms with Gasteiger partial charge in [-0.2, -0.15) is 10.1 Å². The van der Waals surface area contributed by atoms with Crippen LogP contribution in [0.5, 0.6) is 0 Å². The highest BCUT2D eigenvalue weighted by Gasteiger charge is 2.17. The first-order valence-corrected chi connectivity index (χ1v) is 9.31. The summed E-state index contributed by atoms with van der Waals surface area (Å²) in [5.41, 5.74) is 1.75. The van der Waals surface area contributed by atoms with Gasteiger partial charge in [0.1, 0.15) is 17.7 Å². The van der Waals surface area contributed by atoms with Crippen LogP contribution in [-0.2, 0) is 18.3 Å². The second-order valence-corrected chi connectivity index (χ2v) is 7.77. The van der Waals surface area contributed by atoms with Gasteiger partial charge < -0.3 is 15.4 Å². The molecule has 0 aliphatic heterocycles. The third-order valence-corrected chi connectivity index (χ3v) is 4.02. The van der Waals surface area contributed by atoms with Gasteiger partial charge in [-0.1, -0.05) is 0 Å². The molecule has 0 bridgehead atoms. The number of halogens is 1. The van der Waals surface area contributed by atoms with Gasteiger partial charge in [0.15, 0.2) is 5.82 Å². The van der Waals surface area contributed by atoms with Crippen LogP contribution in [0.2, 0.25) is 0 Å². The number of aromatic nitrogens is 5. The molecule has 30 heavy (non-hydrogen) atoms. The Kier molecular flexibility index (Phi) is 5.95. The molecule has 9 nitrogen and oxygen atoms in total. The molecular formula is C20H24FN7O2. The van der Waals surface area contributed by atoms with Crippen LogP contribution >= 0.6 is 0 Å². The van der Waals surface area contributed by atoms with Gasteiger partial charge in [-0.3, -0.25) is 4.68 Å². The number of ether oxygens (including phenoxy) is 1. The Morgan fingerprint density at radius 3 is 2.70 bits per heavy atom. The Labute approximate surface area is 173 Å². The van der Waals surface area contributed by atoms with Gasteiger partial charge in [-0.25, -0.2) is 19.2 Å². The van der Waals surface area contributed by atoms with E-state index in [1.165, 1.54) is 12.4 Å². The Morgan fingerprint density at radius 2 is 2.03 bits per heavy atom. The molecule has 0 unspecified atom stereocenters. The molecule has 10 heteroatoms. The van der Waals surface area contributed by atoms with Crippen molar-refractivity contribution in [2.45, 2.75) is 39.8 Å². The second-order valence-electron chi connectivity index (χ2n) is 7.77. The largest absolute Gasteiger partial charge is 0.444 e. The number of hydrogen-bond acceptors (Lipinski definition) is 7. The molecule has 2 aromatic heterocycles. The first-order chi connectivity index (χ1) is 14.1. The molecule has 0 saturated heterocycles. The Morgan fingerprint density at radius 1 is 1.27 bits per heavy atom. The number of amides is 1. The van der Waals surface area contributed by atoms with Crippen molar-refractivity contribution in [1.29, 1.82) is 0 Å². The minimum absolute atomic E-state index is 0.142. The lowest BCUT2D eigenvalue weighted by atomic mass is 10.0. The normalized spacial score (nSPS) is 11.3. The minimum Gasteiger partial charge on any atom is -0.444 e. The van der Waals surface area contributed by atoms with Crippen molar-refractivity contribution in [3.8, 4) is 11.4 Å². The van der Waals surface area contributed by atoms with Crippen LogP contribution in [0.4, 0.5) is 20.8 Å². The number of nitrogens with zero attached hydrogens (tertiary/aromatic N) is 5. The van der Waals surface area contributed by atoms with E-state index in [1.54, 1.807) is 51.0 Å². The Balaban J connectivity index is 1.76. The van der Waals surface area contributed by atoms with Crippen LogP contribution in [0.15, 0.2) is 30.9 Å². The molecule has 0 radical (unpaired) electrons. The van der Waals surface area contributed by atoms with Crippen molar-refractivity contribution in [3.05, 3.63) is 47.8 Å². The third kappa shape index (κ3) is 5.49. The molecule has 3 aromatic rings. The summed E-state index contributed by atoms with van der Waals surface area (Å²) in [7, 11) is 1.79. The number of carbonyl (C=O) groups excluding carboxylic acids is 1.